The van der Waals surface area contributed by atoms with Crippen LogP contribution in [0.3, 0.4) is 0 Å². The number of hydrogen-bond donors (Lipinski definition) is 3. The van der Waals surface area contributed by atoms with E-state index >= 15 is 0 Å². The molecule has 0 radical (unpaired) electrons. The zero-order valence-electron chi connectivity index (χ0n) is 10.4. The normalized spacial score (nSPS) is 10.9. The van der Waals surface area contributed by atoms with Crippen molar-refractivity contribution >= 4 is 23.0 Å². The van der Waals surface area contributed by atoms with E-state index in [1.807, 2.05) is 0 Å². The van der Waals surface area contributed by atoms with Crippen LogP contribution in [0.2, 0.25) is 0 Å². The molecule has 0 aliphatic carbocycles. The van der Waals surface area contributed by atoms with E-state index in [-0.39, 0.29) is 12.2 Å². The van der Waals surface area contributed by atoms with Crippen LogP contribution in [0.1, 0.15) is 12.5 Å². The zero-order valence-corrected chi connectivity index (χ0v) is 11.1. The fourth-order valence-electron chi connectivity index (χ4n) is 1.09. The first kappa shape index (κ1) is 17.2. The number of carbonyl (C=O) groups excluding carboxylic acids is 1. The number of carboxylic acids is 1. The van der Waals surface area contributed by atoms with Gasteiger partial charge in [-0.2, -0.15) is 0 Å². The lowest BCUT2D eigenvalue weighted by atomic mass is 10.1. The SMILES string of the molecule is CCOC(=O)Cl.NC(Cc1ccc(O)cc1)C(=O)O. The number of aromatic hydroxyl groups is 1. The summed E-state index contributed by atoms with van der Waals surface area (Å²) in [6, 6.07) is 5.42. The summed E-state index contributed by atoms with van der Waals surface area (Å²) in [5, 5.41) is 17.5. The number of benzene rings is 1. The Hall–Kier alpha value is -1.79. The maximum atomic E-state index is 10.4. The van der Waals surface area contributed by atoms with Crippen molar-refractivity contribution in [2.24, 2.45) is 5.73 Å². The van der Waals surface area contributed by atoms with Gasteiger partial charge in [0, 0.05) is 11.6 Å². The van der Waals surface area contributed by atoms with Crippen LogP contribution in [0, 0.1) is 0 Å². The highest BCUT2D eigenvalue weighted by Gasteiger charge is 2.11. The summed E-state index contributed by atoms with van der Waals surface area (Å²) in [5.41, 5.74) is 5.38. The van der Waals surface area contributed by atoms with Crippen LogP contribution in [0.5, 0.6) is 5.75 Å². The van der Waals surface area contributed by atoms with Gasteiger partial charge in [-0.3, -0.25) is 4.79 Å². The van der Waals surface area contributed by atoms with Gasteiger partial charge in [-0.25, -0.2) is 4.79 Å². The number of carboxylic acid groups (broad SMARTS) is 1. The molecule has 6 nitrogen and oxygen atoms in total. The average molecular weight is 290 g/mol. The minimum atomic E-state index is -1.02. The van der Waals surface area contributed by atoms with E-state index in [1.165, 1.54) is 12.1 Å². The third-order valence-corrected chi connectivity index (χ3v) is 2.08. The summed E-state index contributed by atoms with van der Waals surface area (Å²) >= 11 is 4.72. The molecule has 19 heavy (non-hydrogen) atoms. The maximum absolute atomic E-state index is 10.4. The third-order valence-electron chi connectivity index (χ3n) is 1.97. The van der Waals surface area contributed by atoms with E-state index in [2.05, 4.69) is 4.74 Å². The van der Waals surface area contributed by atoms with Crippen molar-refractivity contribution in [2.75, 3.05) is 6.61 Å². The van der Waals surface area contributed by atoms with Gasteiger partial charge in [0.25, 0.3) is 0 Å². The predicted molar refractivity (Wildman–Crippen MR) is 70.3 cm³/mol. The number of carbonyl (C=O) groups is 2. The lowest BCUT2D eigenvalue weighted by Gasteiger charge is -2.05. The number of ether oxygens (including phenoxy) is 1. The Morgan fingerprint density at radius 1 is 1.37 bits per heavy atom. The molecule has 0 aromatic heterocycles. The molecule has 7 heteroatoms. The summed E-state index contributed by atoms with van der Waals surface area (Å²) < 4.78 is 4.17. The number of hydrogen-bond acceptors (Lipinski definition) is 5. The van der Waals surface area contributed by atoms with Crippen molar-refractivity contribution in [1.82, 2.24) is 0 Å². The fraction of sp³-hybridized carbons (Fsp3) is 0.333. The molecule has 1 unspecified atom stereocenters. The first-order valence-corrected chi connectivity index (χ1v) is 5.83. The van der Waals surface area contributed by atoms with E-state index in [9.17, 15) is 9.59 Å². The molecule has 0 heterocycles. The van der Waals surface area contributed by atoms with Gasteiger partial charge >= 0.3 is 11.4 Å². The van der Waals surface area contributed by atoms with Crippen molar-refractivity contribution < 1.29 is 24.5 Å². The number of phenolic OH excluding ortho intramolecular Hbond substituents is 1. The monoisotopic (exact) mass is 289 g/mol. The zero-order chi connectivity index (χ0) is 14.8. The minimum Gasteiger partial charge on any atom is -0.508 e. The standard InChI is InChI=1S/C9H11NO3.C3H5ClO2/c10-8(9(12)13)5-6-1-3-7(11)4-2-6;1-2-6-3(4)5/h1-4,8,11H,5,10H2,(H,12,13);2H2,1H3. The van der Waals surface area contributed by atoms with Crippen LogP contribution >= 0.6 is 11.6 Å². The van der Waals surface area contributed by atoms with Gasteiger partial charge in [0.1, 0.15) is 11.8 Å². The molecular formula is C12H16ClNO5. The van der Waals surface area contributed by atoms with Crippen molar-refractivity contribution in [1.29, 1.82) is 0 Å². The Labute approximate surface area is 115 Å². The summed E-state index contributed by atoms with van der Waals surface area (Å²) in [5.74, 6) is -0.860. The van der Waals surface area contributed by atoms with E-state index < -0.39 is 17.4 Å². The molecule has 1 atom stereocenters. The summed E-state index contributed by atoms with van der Waals surface area (Å²) in [7, 11) is 0. The number of halogens is 1. The summed E-state index contributed by atoms with van der Waals surface area (Å²) in [6.45, 7) is 2.04. The first-order chi connectivity index (χ1) is 8.86. The molecule has 0 fully saturated rings. The van der Waals surface area contributed by atoms with Crippen molar-refractivity contribution in [3.63, 3.8) is 0 Å². The van der Waals surface area contributed by atoms with Crippen LogP contribution in [-0.4, -0.2) is 34.3 Å². The van der Waals surface area contributed by atoms with E-state index in [1.54, 1.807) is 19.1 Å². The van der Waals surface area contributed by atoms with E-state index in [4.69, 9.17) is 27.5 Å². The minimum absolute atomic E-state index is 0.160. The molecule has 106 valence electrons. The smallest absolute Gasteiger partial charge is 0.403 e. The molecule has 0 bridgehead atoms. The molecule has 0 amide bonds. The van der Waals surface area contributed by atoms with E-state index in [0.717, 1.165) is 5.56 Å². The second-order valence-corrected chi connectivity index (χ2v) is 3.79. The van der Waals surface area contributed by atoms with Crippen LogP contribution < -0.4 is 5.73 Å². The Balaban J connectivity index is 0.000000459. The lowest BCUT2D eigenvalue weighted by Crippen LogP contribution is -2.32. The van der Waals surface area contributed by atoms with Crippen molar-refractivity contribution in [2.45, 2.75) is 19.4 Å². The topological polar surface area (TPSA) is 110 Å². The maximum Gasteiger partial charge on any atom is 0.403 e. The summed E-state index contributed by atoms with van der Waals surface area (Å²) in [4.78, 5) is 20.0. The van der Waals surface area contributed by atoms with Gasteiger partial charge in [0.2, 0.25) is 0 Å². The molecule has 4 N–H and O–H groups in total. The molecule has 0 saturated heterocycles. The Morgan fingerprint density at radius 3 is 2.21 bits per heavy atom. The second kappa shape index (κ2) is 9.18. The average Bonchev–Trinajstić information content (AvgIpc) is 2.32. The molecule has 0 spiro atoms. The first-order valence-electron chi connectivity index (χ1n) is 5.45. The molecule has 1 aromatic carbocycles. The van der Waals surface area contributed by atoms with Crippen molar-refractivity contribution in [3.8, 4) is 5.75 Å². The number of rotatable bonds is 4. The largest absolute Gasteiger partial charge is 0.508 e. The highest BCUT2D eigenvalue weighted by molar-refractivity contribution is 6.61. The molecule has 0 aliphatic heterocycles. The predicted octanol–water partition coefficient (Wildman–Crippen LogP) is 1.73. The molecular weight excluding hydrogens is 274 g/mol. The Bertz CT molecular complexity index is 407. The Morgan fingerprint density at radius 2 is 1.89 bits per heavy atom. The quantitative estimate of drug-likeness (QED) is 0.728. The molecule has 1 rings (SSSR count). The Kier molecular flexibility index (Phi) is 8.32. The highest BCUT2D eigenvalue weighted by atomic mass is 35.5. The number of phenols is 1. The summed E-state index contributed by atoms with van der Waals surface area (Å²) in [6.07, 6.45) is 0.273. The molecule has 0 aliphatic rings. The number of aliphatic carboxylic acids is 1. The van der Waals surface area contributed by atoms with Gasteiger partial charge in [-0.1, -0.05) is 12.1 Å². The molecule has 0 saturated carbocycles. The fourth-order valence-corrected chi connectivity index (χ4v) is 1.20. The third kappa shape index (κ3) is 8.87. The number of nitrogens with two attached hydrogens (primary N) is 1. The van der Waals surface area contributed by atoms with Gasteiger partial charge in [-0.15, -0.1) is 0 Å². The van der Waals surface area contributed by atoms with Gasteiger partial charge in [-0.05, 0) is 31.0 Å². The van der Waals surface area contributed by atoms with E-state index in [0.29, 0.717) is 6.61 Å². The van der Waals surface area contributed by atoms with Crippen LogP contribution in [0.15, 0.2) is 24.3 Å². The van der Waals surface area contributed by atoms with Crippen molar-refractivity contribution in [3.05, 3.63) is 29.8 Å². The van der Waals surface area contributed by atoms with Crippen LogP contribution in [-0.2, 0) is 16.0 Å². The van der Waals surface area contributed by atoms with Gasteiger partial charge in [0.05, 0.1) is 6.61 Å². The highest BCUT2D eigenvalue weighted by Crippen LogP contribution is 2.10. The van der Waals surface area contributed by atoms with Gasteiger partial charge < -0.3 is 20.7 Å². The van der Waals surface area contributed by atoms with Gasteiger partial charge in [0.15, 0.2) is 0 Å². The second-order valence-electron chi connectivity index (χ2n) is 3.49. The lowest BCUT2D eigenvalue weighted by molar-refractivity contribution is -0.138. The van der Waals surface area contributed by atoms with Crippen LogP contribution in [0.25, 0.3) is 0 Å². The van der Waals surface area contributed by atoms with Crippen LogP contribution in [0.4, 0.5) is 4.79 Å². The molecule has 1 aromatic rings.